The van der Waals surface area contributed by atoms with Gasteiger partial charge >= 0.3 is 12.1 Å². The zero-order chi connectivity index (χ0) is 22.7. The van der Waals surface area contributed by atoms with E-state index in [0.29, 0.717) is 12.3 Å². The lowest BCUT2D eigenvalue weighted by atomic mass is 10.0. The third-order valence-corrected chi connectivity index (χ3v) is 4.03. The van der Waals surface area contributed by atoms with Crippen LogP contribution in [0.2, 0.25) is 0 Å². The minimum Gasteiger partial charge on any atom is -0.461 e. The number of carbonyl (C=O) groups excluding carboxylic acids is 3. The SMILES string of the molecule is CC(C)C[C@@H](CC(=O)OCc1ccccc1)NC(=O)C[C@H](C)NC(=O)OC(C)(C)C. The molecule has 7 heteroatoms. The molecule has 0 unspecified atom stereocenters. The van der Waals surface area contributed by atoms with Gasteiger partial charge in [-0.1, -0.05) is 44.2 Å². The lowest BCUT2D eigenvalue weighted by Crippen LogP contribution is -2.43. The minimum absolute atomic E-state index is 0.0902. The van der Waals surface area contributed by atoms with Crippen LogP contribution in [0.1, 0.15) is 66.4 Å². The van der Waals surface area contributed by atoms with E-state index < -0.39 is 17.7 Å². The number of hydrogen-bond acceptors (Lipinski definition) is 5. The first-order valence-corrected chi connectivity index (χ1v) is 10.4. The van der Waals surface area contributed by atoms with E-state index in [1.807, 2.05) is 44.2 Å². The van der Waals surface area contributed by atoms with E-state index in [9.17, 15) is 14.4 Å². The van der Waals surface area contributed by atoms with Crippen molar-refractivity contribution in [2.75, 3.05) is 0 Å². The lowest BCUT2D eigenvalue weighted by Gasteiger charge is -2.23. The Kier molecular flexibility index (Phi) is 10.4. The predicted octanol–water partition coefficient (Wildman–Crippen LogP) is 3.95. The van der Waals surface area contributed by atoms with Crippen LogP contribution >= 0.6 is 0 Å². The van der Waals surface area contributed by atoms with Crippen LogP contribution in [-0.4, -0.2) is 35.7 Å². The summed E-state index contributed by atoms with van der Waals surface area (Å²) in [5.41, 5.74) is 0.312. The molecule has 7 nitrogen and oxygen atoms in total. The first-order chi connectivity index (χ1) is 13.9. The van der Waals surface area contributed by atoms with Crippen LogP contribution in [0.25, 0.3) is 0 Å². The van der Waals surface area contributed by atoms with E-state index in [4.69, 9.17) is 9.47 Å². The number of esters is 1. The van der Waals surface area contributed by atoms with E-state index >= 15 is 0 Å². The van der Waals surface area contributed by atoms with Gasteiger partial charge in [0.1, 0.15) is 12.2 Å². The summed E-state index contributed by atoms with van der Waals surface area (Å²) in [5, 5.41) is 5.54. The molecule has 1 rings (SSSR count). The Morgan fingerprint density at radius 3 is 2.17 bits per heavy atom. The minimum atomic E-state index is -0.603. The van der Waals surface area contributed by atoms with Gasteiger partial charge in [0, 0.05) is 18.5 Å². The number of alkyl carbamates (subject to hydrolysis) is 1. The maximum atomic E-state index is 12.4. The van der Waals surface area contributed by atoms with E-state index in [-0.39, 0.29) is 37.4 Å². The van der Waals surface area contributed by atoms with Crippen LogP contribution in [-0.2, 0) is 25.7 Å². The molecular formula is C23H36N2O5. The molecule has 2 atom stereocenters. The Hall–Kier alpha value is -2.57. The first-order valence-electron chi connectivity index (χ1n) is 10.4. The van der Waals surface area contributed by atoms with Gasteiger partial charge in [-0.25, -0.2) is 4.79 Å². The van der Waals surface area contributed by atoms with Crippen molar-refractivity contribution >= 4 is 18.0 Å². The Balaban J connectivity index is 2.50. The van der Waals surface area contributed by atoms with Crippen molar-refractivity contribution in [3.8, 4) is 0 Å². The van der Waals surface area contributed by atoms with Gasteiger partial charge in [0.2, 0.25) is 5.91 Å². The molecule has 0 saturated carbocycles. The van der Waals surface area contributed by atoms with Crippen molar-refractivity contribution in [2.24, 2.45) is 5.92 Å². The van der Waals surface area contributed by atoms with E-state index in [1.165, 1.54) is 0 Å². The average molecular weight is 421 g/mol. The third-order valence-electron chi connectivity index (χ3n) is 4.03. The lowest BCUT2D eigenvalue weighted by molar-refractivity contribution is -0.145. The summed E-state index contributed by atoms with van der Waals surface area (Å²) in [4.78, 5) is 36.5. The normalized spacial score (nSPS) is 13.3. The summed E-state index contributed by atoms with van der Waals surface area (Å²) in [6.45, 7) is 11.3. The molecule has 0 spiro atoms. The van der Waals surface area contributed by atoms with Crippen LogP contribution in [0.5, 0.6) is 0 Å². The Labute approximate surface area is 179 Å². The van der Waals surface area contributed by atoms with Crippen molar-refractivity contribution in [2.45, 2.75) is 85.1 Å². The Morgan fingerprint density at radius 1 is 0.967 bits per heavy atom. The maximum absolute atomic E-state index is 12.4. The van der Waals surface area contributed by atoms with Crippen molar-refractivity contribution in [3.05, 3.63) is 35.9 Å². The molecule has 0 aliphatic rings. The van der Waals surface area contributed by atoms with E-state index in [1.54, 1.807) is 27.7 Å². The molecule has 0 aliphatic carbocycles. The predicted molar refractivity (Wildman–Crippen MR) is 116 cm³/mol. The molecule has 1 aromatic rings. The smallest absolute Gasteiger partial charge is 0.407 e. The summed E-state index contributed by atoms with van der Waals surface area (Å²) in [5.74, 6) is -0.292. The molecule has 0 bridgehead atoms. The molecule has 168 valence electrons. The second-order valence-corrected chi connectivity index (χ2v) is 9.00. The van der Waals surface area contributed by atoms with Crippen LogP contribution in [0.15, 0.2) is 30.3 Å². The fraction of sp³-hybridized carbons (Fsp3) is 0.609. The average Bonchev–Trinajstić information content (AvgIpc) is 2.58. The zero-order valence-electron chi connectivity index (χ0n) is 19.0. The number of amides is 2. The molecule has 2 amide bonds. The highest BCUT2D eigenvalue weighted by molar-refractivity contribution is 5.79. The highest BCUT2D eigenvalue weighted by Gasteiger charge is 2.22. The second-order valence-electron chi connectivity index (χ2n) is 9.00. The van der Waals surface area contributed by atoms with Gasteiger partial charge in [-0.05, 0) is 45.6 Å². The van der Waals surface area contributed by atoms with Gasteiger partial charge in [-0.15, -0.1) is 0 Å². The molecule has 0 aliphatic heterocycles. The number of nitrogens with one attached hydrogen (secondary N) is 2. The van der Waals surface area contributed by atoms with Crippen molar-refractivity contribution in [3.63, 3.8) is 0 Å². The number of ether oxygens (including phenoxy) is 2. The molecule has 0 radical (unpaired) electrons. The number of rotatable bonds is 10. The van der Waals surface area contributed by atoms with Crippen molar-refractivity contribution < 1.29 is 23.9 Å². The second kappa shape index (κ2) is 12.2. The summed E-state index contributed by atoms with van der Waals surface area (Å²) >= 11 is 0. The molecular weight excluding hydrogens is 384 g/mol. The van der Waals surface area contributed by atoms with Gasteiger partial charge in [-0.2, -0.15) is 0 Å². The molecule has 0 aromatic heterocycles. The van der Waals surface area contributed by atoms with Gasteiger partial charge in [-0.3, -0.25) is 9.59 Å². The number of benzene rings is 1. The molecule has 2 N–H and O–H groups in total. The van der Waals surface area contributed by atoms with Crippen LogP contribution in [0.4, 0.5) is 4.79 Å². The topological polar surface area (TPSA) is 93.7 Å². The largest absolute Gasteiger partial charge is 0.461 e. The highest BCUT2D eigenvalue weighted by atomic mass is 16.6. The summed E-state index contributed by atoms with van der Waals surface area (Å²) in [7, 11) is 0. The standard InChI is InChI=1S/C23H36N2O5/c1-16(2)12-19(14-21(27)29-15-18-10-8-7-9-11-18)25-20(26)13-17(3)24-22(28)30-23(4,5)6/h7-11,16-17,19H,12-15H2,1-6H3,(H,24,28)(H,25,26)/t17-,19-/m0/s1. The van der Waals surface area contributed by atoms with Gasteiger partial charge in [0.15, 0.2) is 0 Å². The molecule has 1 aromatic carbocycles. The molecule has 0 fully saturated rings. The highest BCUT2D eigenvalue weighted by Crippen LogP contribution is 2.11. The zero-order valence-corrected chi connectivity index (χ0v) is 19.0. The Morgan fingerprint density at radius 2 is 1.60 bits per heavy atom. The fourth-order valence-electron chi connectivity index (χ4n) is 2.88. The molecule has 30 heavy (non-hydrogen) atoms. The first kappa shape index (κ1) is 25.5. The van der Waals surface area contributed by atoms with E-state index in [2.05, 4.69) is 10.6 Å². The van der Waals surface area contributed by atoms with Crippen molar-refractivity contribution in [1.29, 1.82) is 0 Å². The quantitative estimate of drug-likeness (QED) is 0.559. The number of hydrogen-bond donors (Lipinski definition) is 2. The Bertz CT molecular complexity index is 683. The van der Waals surface area contributed by atoms with Crippen LogP contribution < -0.4 is 10.6 Å². The van der Waals surface area contributed by atoms with Crippen molar-refractivity contribution in [1.82, 2.24) is 10.6 Å². The van der Waals surface area contributed by atoms with Crippen LogP contribution in [0, 0.1) is 5.92 Å². The third kappa shape index (κ3) is 12.1. The summed E-state index contributed by atoms with van der Waals surface area (Å²) in [6.07, 6.45) is 0.281. The van der Waals surface area contributed by atoms with Gasteiger partial charge < -0.3 is 20.1 Å². The van der Waals surface area contributed by atoms with Gasteiger partial charge in [0.05, 0.1) is 6.42 Å². The van der Waals surface area contributed by atoms with Gasteiger partial charge in [0.25, 0.3) is 0 Å². The molecule has 0 heterocycles. The summed E-state index contributed by atoms with van der Waals surface area (Å²) < 4.78 is 10.5. The number of carbonyl (C=O) groups is 3. The molecule has 0 saturated heterocycles. The summed E-state index contributed by atoms with van der Waals surface area (Å²) in [6, 6.07) is 8.73. The maximum Gasteiger partial charge on any atom is 0.407 e. The van der Waals surface area contributed by atoms with E-state index in [0.717, 1.165) is 5.56 Å². The fourth-order valence-corrected chi connectivity index (χ4v) is 2.88. The monoisotopic (exact) mass is 420 g/mol. The van der Waals surface area contributed by atoms with Crippen LogP contribution in [0.3, 0.4) is 0 Å².